The molecule has 0 saturated carbocycles. The van der Waals surface area contributed by atoms with Crippen molar-refractivity contribution in [2.24, 2.45) is 0 Å². The van der Waals surface area contributed by atoms with Crippen LogP contribution in [0.15, 0.2) is 49.1 Å². The topological polar surface area (TPSA) is 98.5 Å². The lowest BCUT2D eigenvalue weighted by Gasteiger charge is -2.06. The van der Waals surface area contributed by atoms with Crippen LogP contribution in [-0.2, 0) is 6.54 Å². The predicted octanol–water partition coefficient (Wildman–Crippen LogP) is 1.60. The zero-order valence-corrected chi connectivity index (χ0v) is 13.1. The summed E-state index contributed by atoms with van der Waals surface area (Å²) < 4.78 is 9.99. The fourth-order valence-electron chi connectivity index (χ4n) is 2.22. The Balaban J connectivity index is 1.48. The number of hydrogen-bond donors (Lipinski definition) is 1. The highest BCUT2D eigenvalue weighted by molar-refractivity contribution is 7.00. The average molecular weight is 337 g/mol. The number of carbonyl (C=O) groups excluding carboxylic acids is 1. The summed E-state index contributed by atoms with van der Waals surface area (Å²) in [6.45, 7) is 0.394. The first kappa shape index (κ1) is 14.4. The Hall–Kier alpha value is -3.20. The van der Waals surface area contributed by atoms with Crippen LogP contribution in [-0.4, -0.2) is 34.4 Å². The van der Waals surface area contributed by atoms with Crippen molar-refractivity contribution < 1.29 is 4.79 Å². The molecule has 0 atom stereocenters. The van der Waals surface area contributed by atoms with E-state index in [9.17, 15) is 4.79 Å². The molecule has 0 aliphatic heterocycles. The molecule has 24 heavy (non-hydrogen) atoms. The Kier molecular flexibility index (Phi) is 3.67. The van der Waals surface area contributed by atoms with Gasteiger partial charge in [-0.1, -0.05) is 12.1 Å². The summed E-state index contributed by atoms with van der Waals surface area (Å²) in [5, 5.41) is 10.3. The third-order valence-corrected chi connectivity index (χ3v) is 3.98. The maximum absolute atomic E-state index is 12.3. The molecular formula is C15H11N7OS. The van der Waals surface area contributed by atoms with Gasteiger partial charge in [0.2, 0.25) is 0 Å². The molecule has 0 spiro atoms. The standard InChI is InChI=1S/C15H11N7OS/c23-15(12-2-1-3-14(19-12)22-8-17-18-9-22)16-7-10-4-5-11-13(6-10)21-24-20-11/h1-6,8-9H,7H2,(H,16,23). The molecule has 3 heterocycles. The van der Waals surface area contributed by atoms with Crippen molar-refractivity contribution >= 4 is 28.7 Å². The first-order valence-electron chi connectivity index (χ1n) is 7.11. The van der Waals surface area contributed by atoms with E-state index in [0.29, 0.717) is 18.1 Å². The Labute approximate surface area is 140 Å². The van der Waals surface area contributed by atoms with Crippen LogP contribution in [0.5, 0.6) is 0 Å². The number of pyridine rings is 1. The number of benzene rings is 1. The van der Waals surface area contributed by atoms with Gasteiger partial charge in [0, 0.05) is 6.54 Å². The lowest BCUT2D eigenvalue weighted by Crippen LogP contribution is -2.24. The zero-order chi connectivity index (χ0) is 16.4. The van der Waals surface area contributed by atoms with Crippen LogP contribution in [0, 0.1) is 0 Å². The molecule has 4 rings (SSSR count). The Morgan fingerprint density at radius 2 is 1.92 bits per heavy atom. The van der Waals surface area contributed by atoms with E-state index in [-0.39, 0.29) is 5.91 Å². The third-order valence-electron chi connectivity index (χ3n) is 3.42. The van der Waals surface area contributed by atoms with Gasteiger partial charge < -0.3 is 5.32 Å². The van der Waals surface area contributed by atoms with E-state index in [1.807, 2.05) is 18.2 Å². The molecule has 0 fully saturated rings. The third kappa shape index (κ3) is 2.84. The Morgan fingerprint density at radius 3 is 2.79 bits per heavy atom. The number of nitrogens with zero attached hydrogens (tertiary/aromatic N) is 6. The van der Waals surface area contributed by atoms with Gasteiger partial charge in [-0.05, 0) is 29.8 Å². The van der Waals surface area contributed by atoms with Gasteiger partial charge in [-0.25, -0.2) is 4.98 Å². The van der Waals surface area contributed by atoms with Crippen LogP contribution in [0.1, 0.15) is 16.1 Å². The molecule has 0 unspecified atom stereocenters. The molecule has 0 saturated heterocycles. The minimum absolute atomic E-state index is 0.249. The average Bonchev–Trinajstić information content (AvgIpc) is 3.30. The largest absolute Gasteiger partial charge is 0.347 e. The molecular weight excluding hydrogens is 326 g/mol. The van der Waals surface area contributed by atoms with E-state index in [2.05, 4.69) is 29.2 Å². The van der Waals surface area contributed by atoms with E-state index >= 15 is 0 Å². The smallest absolute Gasteiger partial charge is 0.270 e. The fourth-order valence-corrected chi connectivity index (χ4v) is 2.74. The maximum atomic E-state index is 12.3. The molecule has 4 aromatic rings. The van der Waals surface area contributed by atoms with Crippen molar-refractivity contribution in [3.05, 3.63) is 60.3 Å². The van der Waals surface area contributed by atoms with E-state index in [4.69, 9.17) is 0 Å². The van der Waals surface area contributed by atoms with Gasteiger partial charge >= 0.3 is 0 Å². The maximum Gasteiger partial charge on any atom is 0.270 e. The highest BCUT2D eigenvalue weighted by Gasteiger charge is 2.09. The van der Waals surface area contributed by atoms with Crippen molar-refractivity contribution in [1.29, 1.82) is 0 Å². The molecule has 3 aromatic heterocycles. The lowest BCUT2D eigenvalue weighted by atomic mass is 10.2. The number of nitrogens with one attached hydrogen (secondary N) is 1. The molecule has 9 heteroatoms. The van der Waals surface area contributed by atoms with Gasteiger partial charge in [-0.2, -0.15) is 8.75 Å². The summed E-state index contributed by atoms with van der Waals surface area (Å²) in [4.78, 5) is 16.6. The molecule has 8 nitrogen and oxygen atoms in total. The molecule has 0 aliphatic carbocycles. The minimum Gasteiger partial charge on any atom is -0.347 e. The van der Waals surface area contributed by atoms with Gasteiger partial charge in [-0.3, -0.25) is 9.36 Å². The summed E-state index contributed by atoms with van der Waals surface area (Å²) in [7, 11) is 0. The predicted molar refractivity (Wildman–Crippen MR) is 87.7 cm³/mol. The monoisotopic (exact) mass is 337 g/mol. The zero-order valence-electron chi connectivity index (χ0n) is 12.3. The van der Waals surface area contributed by atoms with Crippen molar-refractivity contribution in [1.82, 2.24) is 33.8 Å². The second-order valence-corrected chi connectivity index (χ2v) is 5.55. The lowest BCUT2D eigenvalue weighted by molar-refractivity contribution is 0.0946. The van der Waals surface area contributed by atoms with Gasteiger partial charge in [0.05, 0.1) is 11.7 Å². The van der Waals surface area contributed by atoms with Crippen LogP contribution < -0.4 is 5.32 Å². The van der Waals surface area contributed by atoms with Crippen LogP contribution in [0.4, 0.5) is 0 Å². The Morgan fingerprint density at radius 1 is 1.08 bits per heavy atom. The highest BCUT2D eigenvalue weighted by atomic mass is 32.1. The van der Waals surface area contributed by atoms with E-state index in [1.165, 1.54) is 24.4 Å². The number of fused-ring (bicyclic) bond motifs is 1. The van der Waals surface area contributed by atoms with Crippen molar-refractivity contribution in [2.45, 2.75) is 6.54 Å². The molecule has 1 amide bonds. The summed E-state index contributed by atoms with van der Waals surface area (Å²) in [6.07, 6.45) is 3.06. The molecule has 0 aliphatic rings. The molecule has 1 aromatic carbocycles. The summed E-state index contributed by atoms with van der Waals surface area (Å²) in [5.41, 5.74) is 2.98. The quantitative estimate of drug-likeness (QED) is 0.607. The number of hydrogen-bond acceptors (Lipinski definition) is 7. The number of carbonyl (C=O) groups is 1. The summed E-state index contributed by atoms with van der Waals surface area (Å²) >= 11 is 1.17. The summed E-state index contributed by atoms with van der Waals surface area (Å²) in [5.74, 6) is 0.337. The highest BCUT2D eigenvalue weighted by Crippen LogP contribution is 2.13. The van der Waals surface area contributed by atoms with Crippen molar-refractivity contribution in [2.75, 3.05) is 0 Å². The molecule has 118 valence electrons. The van der Waals surface area contributed by atoms with Gasteiger partial charge in [0.1, 0.15) is 35.2 Å². The fraction of sp³-hybridized carbons (Fsp3) is 0.0667. The first-order valence-corrected chi connectivity index (χ1v) is 7.84. The van der Waals surface area contributed by atoms with E-state index in [0.717, 1.165) is 16.6 Å². The summed E-state index contributed by atoms with van der Waals surface area (Å²) in [6, 6.07) is 10.9. The van der Waals surface area contributed by atoms with Gasteiger partial charge in [-0.15, -0.1) is 10.2 Å². The number of amides is 1. The molecule has 1 N–H and O–H groups in total. The second kappa shape index (κ2) is 6.13. The number of rotatable bonds is 4. The Bertz CT molecular complexity index is 996. The van der Waals surface area contributed by atoms with Gasteiger partial charge in [0.15, 0.2) is 0 Å². The van der Waals surface area contributed by atoms with Crippen LogP contribution in [0.3, 0.4) is 0 Å². The van der Waals surface area contributed by atoms with Crippen molar-refractivity contribution in [3.63, 3.8) is 0 Å². The molecule has 0 radical (unpaired) electrons. The van der Waals surface area contributed by atoms with Crippen LogP contribution in [0.2, 0.25) is 0 Å². The normalized spacial score (nSPS) is 10.8. The van der Waals surface area contributed by atoms with E-state index < -0.39 is 0 Å². The van der Waals surface area contributed by atoms with Crippen LogP contribution >= 0.6 is 11.7 Å². The number of aromatic nitrogens is 6. The molecule has 0 bridgehead atoms. The van der Waals surface area contributed by atoms with E-state index in [1.54, 1.807) is 22.8 Å². The second-order valence-electron chi connectivity index (χ2n) is 5.02. The van der Waals surface area contributed by atoms with Gasteiger partial charge in [0.25, 0.3) is 5.91 Å². The van der Waals surface area contributed by atoms with Crippen molar-refractivity contribution in [3.8, 4) is 5.82 Å². The SMILES string of the molecule is O=C(NCc1ccc2nsnc2c1)c1cccc(-n2cnnc2)n1. The minimum atomic E-state index is -0.249. The first-order chi connectivity index (χ1) is 11.8. The van der Waals surface area contributed by atoms with Crippen LogP contribution in [0.25, 0.3) is 16.9 Å².